The molecule has 1 aliphatic heterocycles. The first kappa shape index (κ1) is 19.4. The predicted octanol–water partition coefficient (Wildman–Crippen LogP) is 2.34. The van der Waals surface area contributed by atoms with Crippen LogP contribution in [0.15, 0.2) is 23.5 Å². The molecule has 3 rings (SSSR count). The van der Waals surface area contributed by atoms with Gasteiger partial charge < -0.3 is 15.5 Å². The summed E-state index contributed by atoms with van der Waals surface area (Å²) < 4.78 is 0. The lowest BCUT2D eigenvalue weighted by Crippen LogP contribution is -2.49. The summed E-state index contributed by atoms with van der Waals surface area (Å²) in [5.41, 5.74) is 2.60. The van der Waals surface area contributed by atoms with Gasteiger partial charge in [0, 0.05) is 51.2 Å². The van der Waals surface area contributed by atoms with Gasteiger partial charge in [-0.2, -0.15) is 0 Å². The fraction of sp³-hybridized carbons (Fsp3) is 0.667. The number of halogens is 1. The number of aromatic nitrogens is 1. The standard InChI is InChI=1S/C18H29N5.HI/c1-14-13-20-9-5-15(14)6-10-21-18(19-2)22-16-7-11-23(12-8-16)17-3-4-17;/h5,9,13,16-17H,3-4,6-8,10-12H2,1-2H3,(H2,19,21,22);1H. The van der Waals surface area contributed by atoms with Crippen molar-refractivity contribution >= 4 is 29.9 Å². The number of rotatable bonds is 5. The lowest BCUT2D eigenvalue weighted by Gasteiger charge is -2.33. The average molecular weight is 443 g/mol. The maximum Gasteiger partial charge on any atom is 0.191 e. The van der Waals surface area contributed by atoms with Crippen molar-refractivity contribution < 1.29 is 0 Å². The number of pyridine rings is 1. The molecule has 2 heterocycles. The number of nitrogens with one attached hydrogen (secondary N) is 2. The van der Waals surface area contributed by atoms with Crippen LogP contribution in [0.1, 0.15) is 36.8 Å². The molecule has 0 amide bonds. The van der Waals surface area contributed by atoms with Crippen molar-refractivity contribution in [3.63, 3.8) is 0 Å². The van der Waals surface area contributed by atoms with Crippen molar-refractivity contribution in [2.24, 2.45) is 4.99 Å². The molecule has 1 saturated carbocycles. The van der Waals surface area contributed by atoms with Crippen molar-refractivity contribution in [3.05, 3.63) is 29.6 Å². The number of aliphatic imine (C=N–C) groups is 1. The van der Waals surface area contributed by atoms with E-state index in [0.29, 0.717) is 6.04 Å². The maximum atomic E-state index is 4.37. The lowest BCUT2D eigenvalue weighted by atomic mass is 10.1. The number of likely N-dealkylation sites (tertiary alicyclic amines) is 1. The van der Waals surface area contributed by atoms with Gasteiger partial charge in [-0.25, -0.2) is 0 Å². The Labute approximate surface area is 162 Å². The van der Waals surface area contributed by atoms with Crippen LogP contribution in [0, 0.1) is 6.92 Å². The molecular formula is C18H30IN5. The van der Waals surface area contributed by atoms with Crippen molar-refractivity contribution in [1.82, 2.24) is 20.5 Å². The van der Waals surface area contributed by atoms with Gasteiger partial charge in [0.15, 0.2) is 5.96 Å². The molecule has 1 aromatic heterocycles. The van der Waals surface area contributed by atoms with Crippen LogP contribution < -0.4 is 10.6 Å². The van der Waals surface area contributed by atoms with Crippen molar-refractivity contribution in [2.45, 2.75) is 51.1 Å². The van der Waals surface area contributed by atoms with Gasteiger partial charge >= 0.3 is 0 Å². The SMILES string of the molecule is CN=C(NCCc1ccncc1C)NC1CCN(C2CC2)CC1.I. The third-order valence-corrected chi connectivity index (χ3v) is 4.98. The fourth-order valence-electron chi connectivity index (χ4n) is 3.33. The minimum Gasteiger partial charge on any atom is -0.356 e. The summed E-state index contributed by atoms with van der Waals surface area (Å²) in [6.45, 7) is 5.47. The molecule has 0 spiro atoms. The molecule has 5 nitrogen and oxygen atoms in total. The van der Waals surface area contributed by atoms with Crippen LogP contribution in [0.25, 0.3) is 0 Å². The van der Waals surface area contributed by atoms with Gasteiger partial charge in [-0.1, -0.05) is 0 Å². The molecule has 0 bridgehead atoms. The Morgan fingerprint density at radius 1 is 1.29 bits per heavy atom. The van der Waals surface area contributed by atoms with Crippen LogP contribution in [-0.2, 0) is 6.42 Å². The van der Waals surface area contributed by atoms with Crippen LogP contribution in [0.2, 0.25) is 0 Å². The second kappa shape index (κ2) is 9.56. The summed E-state index contributed by atoms with van der Waals surface area (Å²) in [6.07, 6.45) is 10.1. The number of guanidine groups is 1. The molecular weight excluding hydrogens is 413 g/mol. The molecule has 2 aliphatic rings. The van der Waals surface area contributed by atoms with E-state index in [2.05, 4.69) is 38.5 Å². The summed E-state index contributed by atoms with van der Waals surface area (Å²) in [7, 11) is 1.85. The third-order valence-electron chi connectivity index (χ3n) is 4.98. The molecule has 1 aliphatic carbocycles. The summed E-state index contributed by atoms with van der Waals surface area (Å²) in [5, 5.41) is 7.03. The number of hydrogen-bond acceptors (Lipinski definition) is 3. The smallest absolute Gasteiger partial charge is 0.191 e. The predicted molar refractivity (Wildman–Crippen MR) is 110 cm³/mol. The molecule has 1 aromatic rings. The topological polar surface area (TPSA) is 52.6 Å². The van der Waals surface area contributed by atoms with Crippen LogP contribution in [0.4, 0.5) is 0 Å². The largest absolute Gasteiger partial charge is 0.356 e. The molecule has 6 heteroatoms. The normalized spacial score (nSPS) is 19.7. The molecule has 134 valence electrons. The van der Waals surface area contributed by atoms with E-state index in [9.17, 15) is 0 Å². The van der Waals surface area contributed by atoms with E-state index in [1.54, 1.807) is 0 Å². The quantitative estimate of drug-likeness (QED) is 0.417. The maximum absolute atomic E-state index is 4.37. The summed E-state index contributed by atoms with van der Waals surface area (Å²) in [5.74, 6) is 0.932. The van der Waals surface area contributed by atoms with Gasteiger partial charge in [0.2, 0.25) is 0 Å². The van der Waals surface area contributed by atoms with Gasteiger partial charge in [-0.05, 0) is 56.2 Å². The van der Waals surface area contributed by atoms with Crippen LogP contribution in [0.3, 0.4) is 0 Å². The lowest BCUT2D eigenvalue weighted by molar-refractivity contribution is 0.197. The minimum absolute atomic E-state index is 0. The van der Waals surface area contributed by atoms with Gasteiger partial charge in [0.25, 0.3) is 0 Å². The van der Waals surface area contributed by atoms with Gasteiger partial charge in [-0.15, -0.1) is 24.0 Å². The second-order valence-corrected chi connectivity index (χ2v) is 6.74. The summed E-state index contributed by atoms with van der Waals surface area (Å²) in [6, 6.07) is 3.55. The van der Waals surface area contributed by atoms with E-state index in [-0.39, 0.29) is 24.0 Å². The van der Waals surface area contributed by atoms with E-state index in [0.717, 1.165) is 25.0 Å². The molecule has 24 heavy (non-hydrogen) atoms. The fourth-order valence-corrected chi connectivity index (χ4v) is 3.33. The highest BCUT2D eigenvalue weighted by Crippen LogP contribution is 2.29. The Kier molecular flexibility index (Phi) is 7.74. The number of piperidine rings is 1. The van der Waals surface area contributed by atoms with E-state index in [1.807, 2.05) is 19.4 Å². The Balaban J connectivity index is 0.00000208. The molecule has 0 aromatic carbocycles. The molecule has 1 saturated heterocycles. The van der Waals surface area contributed by atoms with E-state index in [4.69, 9.17) is 0 Å². The van der Waals surface area contributed by atoms with E-state index >= 15 is 0 Å². The van der Waals surface area contributed by atoms with E-state index in [1.165, 1.54) is 49.9 Å². The highest BCUT2D eigenvalue weighted by molar-refractivity contribution is 14.0. The molecule has 0 unspecified atom stereocenters. The van der Waals surface area contributed by atoms with Crippen LogP contribution in [0.5, 0.6) is 0 Å². The van der Waals surface area contributed by atoms with Gasteiger partial charge in [-0.3, -0.25) is 9.98 Å². The minimum atomic E-state index is 0. The van der Waals surface area contributed by atoms with Crippen molar-refractivity contribution in [1.29, 1.82) is 0 Å². The highest BCUT2D eigenvalue weighted by atomic mass is 127. The Hall–Kier alpha value is -0.890. The Morgan fingerprint density at radius 3 is 2.67 bits per heavy atom. The molecule has 2 fully saturated rings. The Bertz CT molecular complexity index is 536. The van der Waals surface area contributed by atoms with Gasteiger partial charge in [0.1, 0.15) is 0 Å². The molecule has 0 radical (unpaired) electrons. The number of aryl methyl sites for hydroxylation is 1. The highest BCUT2D eigenvalue weighted by Gasteiger charge is 2.31. The third kappa shape index (κ3) is 5.58. The van der Waals surface area contributed by atoms with Crippen LogP contribution in [-0.4, -0.2) is 54.6 Å². The number of nitrogens with zero attached hydrogens (tertiary/aromatic N) is 3. The zero-order valence-corrected chi connectivity index (χ0v) is 17.1. The van der Waals surface area contributed by atoms with Crippen molar-refractivity contribution in [3.8, 4) is 0 Å². The van der Waals surface area contributed by atoms with Gasteiger partial charge in [0.05, 0.1) is 0 Å². The first-order valence-electron chi connectivity index (χ1n) is 8.87. The first-order valence-corrected chi connectivity index (χ1v) is 8.87. The second-order valence-electron chi connectivity index (χ2n) is 6.74. The van der Waals surface area contributed by atoms with Crippen LogP contribution >= 0.6 is 24.0 Å². The average Bonchev–Trinajstić information content (AvgIpc) is 3.41. The Morgan fingerprint density at radius 2 is 2.04 bits per heavy atom. The van der Waals surface area contributed by atoms with Crippen molar-refractivity contribution in [2.75, 3.05) is 26.7 Å². The monoisotopic (exact) mass is 443 g/mol. The summed E-state index contributed by atoms with van der Waals surface area (Å²) in [4.78, 5) is 11.2. The zero-order valence-electron chi connectivity index (χ0n) is 14.8. The zero-order chi connectivity index (χ0) is 16.1. The number of hydrogen-bond donors (Lipinski definition) is 2. The first-order chi connectivity index (χ1) is 11.3. The van der Waals surface area contributed by atoms with E-state index < -0.39 is 0 Å². The summed E-state index contributed by atoms with van der Waals surface area (Å²) >= 11 is 0. The molecule has 2 N–H and O–H groups in total. The molecule has 0 atom stereocenters.